The van der Waals surface area contributed by atoms with Crippen molar-refractivity contribution in [1.29, 1.82) is 0 Å². The van der Waals surface area contributed by atoms with Gasteiger partial charge in [-0.3, -0.25) is 14.5 Å². The number of nitrogens with zero attached hydrogens (tertiary/aromatic N) is 2. The molecule has 7 nitrogen and oxygen atoms in total. The summed E-state index contributed by atoms with van der Waals surface area (Å²) in [6, 6.07) is 21.8. The second-order valence-electron chi connectivity index (χ2n) is 7.93. The molecule has 1 fully saturated rings. The zero-order valence-electron chi connectivity index (χ0n) is 19.9. The number of thioether (sulfide) groups is 1. The Morgan fingerprint density at radius 3 is 2.53 bits per heavy atom. The molecular weight excluding hydrogens is 498 g/mol. The summed E-state index contributed by atoms with van der Waals surface area (Å²) in [7, 11) is 1.54. The molecule has 0 spiro atoms. The van der Waals surface area contributed by atoms with Gasteiger partial charge in [-0.25, -0.2) is 4.99 Å². The lowest BCUT2D eigenvalue weighted by atomic mass is 10.2. The van der Waals surface area contributed by atoms with E-state index < -0.39 is 5.25 Å². The van der Waals surface area contributed by atoms with Crippen molar-refractivity contribution in [2.24, 2.45) is 4.99 Å². The Hall–Kier alpha value is -3.49. The van der Waals surface area contributed by atoms with Crippen LogP contribution in [0.5, 0.6) is 11.5 Å². The predicted molar refractivity (Wildman–Crippen MR) is 144 cm³/mol. The molecule has 1 unspecified atom stereocenters. The minimum atomic E-state index is -0.648. The number of rotatable bonds is 8. The fourth-order valence-corrected chi connectivity index (χ4v) is 4.85. The van der Waals surface area contributed by atoms with Gasteiger partial charge in [0.1, 0.15) is 16.7 Å². The Labute approximate surface area is 219 Å². The van der Waals surface area contributed by atoms with E-state index in [0.717, 1.165) is 11.3 Å². The Kier molecular flexibility index (Phi) is 8.51. The monoisotopic (exact) mass is 523 g/mol. The van der Waals surface area contributed by atoms with Crippen molar-refractivity contribution in [1.82, 2.24) is 4.90 Å². The molecule has 1 atom stereocenters. The van der Waals surface area contributed by atoms with Crippen LogP contribution >= 0.6 is 23.4 Å². The molecule has 0 aromatic heterocycles. The molecule has 0 bridgehead atoms. The van der Waals surface area contributed by atoms with Gasteiger partial charge in [0.15, 0.2) is 5.17 Å². The van der Waals surface area contributed by atoms with Crippen molar-refractivity contribution in [3.05, 3.63) is 83.4 Å². The third-order valence-electron chi connectivity index (χ3n) is 5.42. The number of ether oxygens (including phenoxy) is 2. The summed E-state index contributed by atoms with van der Waals surface area (Å²) >= 11 is 7.29. The molecule has 2 amide bonds. The number of para-hydroxylation sites is 2. The minimum Gasteiger partial charge on any atom is -0.495 e. The molecule has 0 radical (unpaired) electrons. The van der Waals surface area contributed by atoms with Crippen LogP contribution in [-0.2, 0) is 16.1 Å². The Balaban J connectivity index is 1.60. The lowest BCUT2D eigenvalue weighted by Gasteiger charge is -2.32. The average molecular weight is 524 g/mol. The van der Waals surface area contributed by atoms with Gasteiger partial charge in [0.25, 0.3) is 0 Å². The lowest BCUT2D eigenvalue weighted by Crippen LogP contribution is -2.44. The molecule has 9 heteroatoms. The lowest BCUT2D eigenvalue weighted by molar-refractivity contribution is -0.129. The third kappa shape index (κ3) is 6.38. The summed E-state index contributed by atoms with van der Waals surface area (Å²) in [5.41, 5.74) is 2.11. The van der Waals surface area contributed by atoms with Gasteiger partial charge in [-0.2, -0.15) is 0 Å². The fraction of sp³-hybridized carbons (Fsp3) is 0.222. The molecule has 1 saturated heterocycles. The highest BCUT2D eigenvalue weighted by Crippen LogP contribution is 2.32. The number of hydrogen-bond donors (Lipinski definition) is 1. The van der Waals surface area contributed by atoms with Crippen molar-refractivity contribution < 1.29 is 19.1 Å². The summed E-state index contributed by atoms with van der Waals surface area (Å²) in [6.07, 6.45) is 0.0432. The van der Waals surface area contributed by atoms with Gasteiger partial charge in [0.2, 0.25) is 11.8 Å². The number of methoxy groups -OCH3 is 1. The number of amides is 2. The molecule has 4 rings (SSSR count). The first-order valence-electron chi connectivity index (χ1n) is 11.4. The highest BCUT2D eigenvalue weighted by atomic mass is 35.5. The largest absolute Gasteiger partial charge is 0.495 e. The van der Waals surface area contributed by atoms with E-state index in [1.165, 1.54) is 11.8 Å². The molecule has 186 valence electrons. The molecular formula is C27H26ClN3O4S. The van der Waals surface area contributed by atoms with Crippen LogP contribution in [0.4, 0.5) is 11.4 Å². The average Bonchev–Trinajstić information content (AvgIpc) is 2.88. The number of amidine groups is 1. The number of aliphatic imine (C=N–C) groups is 1. The summed E-state index contributed by atoms with van der Waals surface area (Å²) in [5, 5.41) is 3.31. The van der Waals surface area contributed by atoms with Crippen LogP contribution in [0.2, 0.25) is 5.02 Å². The van der Waals surface area contributed by atoms with E-state index in [-0.39, 0.29) is 18.2 Å². The van der Waals surface area contributed by atoms with E-state index in [0.29, 0.717) is 40.5 Å². The molecule has 36 heavy (non-hydrogen) atoms. The van der Waals surface area contributed by atoms with Crippen LogP contribution in [0.3, 0.4) is 0 Å². The highest BCUT2D eigenvalue weighted by molar-refractivity contribution is 8.15. The van der Waals surface area contributed by atoms with Gasteiger partial charge >= 0.3 is 0 Å². The number of halogens is 1. The maximum atomic E-state index is 13.3. The van der Waals surface area contributed by atoms with Crippen molar-refractivity contribution >= 4 is 51.7 Å². The maximum absolute atomic E-state index is 13.3. The van der Waals surface area contributed by atoms with Crippen molar-refractivity contribution in [3.63, 3.8) is 0 Å². The van der Waals surface area contributed by atoms with E-state index in [2.05, 4.69) is 5.32 Å². The van der Waals surface area contributed by atoms with Crippen LogP contribution in [0.25, 0.3) is 0 Å². The van der Waals surface area contributed by atoms with Crippen LogP contribution < -0.4 is 14.8 Å². The second kappa shape index (κ2) is 12.0. The van der Waals surface area contributed by atoms with E-state index >= 15 is 0 Å². The Bertz CT molecular complexity index is 1250. The number of nitrogens with one attached hydrogen (secondary N) is 1. The molecule has 3 aromatic carbocycles. The van der Waals surface area contributed by atoms with Gasteiger partial charge in [0.05, 0.1) is 31.6 Å². The number of anilines is 1. The topological polar surface area (TPSA) is 80.2 Å². The maximum Gasteiger partial charge on any atom is 0.238 e. The summed E-state index contributed by atoms with van der Waals surface area (Å²) in [6.45, 7) is 2.80. The smallest absolute Gasteiger partial charge is 0.238 e. The van der Waals surface area contributed by atoms with E-state index in [1.807, 2.05) is 55.5 Å². The van der Waals surface area contributed by atoms with Gasteiger partial charge < -0.3 is 14.8 Å². The van der Waals surface area contributed by atoms with Gasteiger partial charge in [-0.05, 0) is 61.0 Å². The van der Waals surface area contributed by atoms with Gasteiger partial charge in [0, 0.05) is 11.4 Å². The Morgan fingerprint density at radius 1 is 1.11 bits per heavy atom. The molecule has 3 aromatic rings. The first-order valence-corrected chi connectivity index (χ1v) is 12.7. The first kappa shape index (κ1) is 25.6. The van der Waals surface area contributed by atoms with E-state index in [4.69, 9.17) is 26.1 Å². The molecule has 1 N–H and O–H groups in total. The quantitative estimate of drug-likeness (QED) is 0.397. The molecule has 1 aliphatic rings. The summed E-state index contributed by atoms with van der Waals surface area (Å²) < 4.78 is 10.8. The number of benzene rings is 3. The van der Waals surface area contributed by atoms with Crippen LogP contribution in [0.1, 0.15) is 18.9 Å². The van der Waals surface area contributed by atoms with Crippen molar-refractivity contribution in [3.8, 4) is 11.5 Å². The number of carbonyl (C=O) groups is 2. The van der Waals surface area contributed by atoms with E-state index in [9.17, 15) is 9.59 Å². The highest BCUT2D eigenvalue weighted by Gasteiger charge is 2.36. The van der Waals surface area contributed by atoms with Gasteiger partial charge in [-0.15, -0.1) is 0 Å². The van der Waals surface area contributed by atoms with E-state index in [1.54, 1.807) is 36.3 Å². The molecule has 0 saturated carbocycles. The normalized spacial score (nSPS) is 16.6. The first-order chi connectivity index (χ1) is 17.5. The molecule has 0 aliphatic carbocycles. The van der Waals surface area contributed by atoms with Crippen LogP contribution in [0.15, 0.2) is 77.8 Å². The molecule has 1 heterocycles. The molecule has 1 aliphatic heterocycles. The fourth-order valence-electron chi connectivity index (χ4n) is 3.62. The third-order valence-corrected chi connectivity index (χ3v) is 6.86. The minimum absolute atomic E-state index is 0.0432. The van der Waals surface area contributed by atoms with Crippen LogP contribution in [0, 0.1) is 0 Å². The summed E-state index contributed by atoms with van der Waals surface area (Å²) in [5.74, 6) is 0.809. The standard InChI is InChI=1S/C27H26ClN3O4S/c1-3-35-21-14-12-20(13-15-21)29-27-31(17-18-8-10-19(28)11-9-18)25(32)16-24(36-27)26(33)30-22-6-4-5-7-23(22)34-2/h4-15,24H,3,16-17H2,1-2H3,(H,30,33). The number of carbonyl (C=O) groups excluding carboxylic acids is 2. The zero-order chi connectivity index (χ0) is 25.5. The Morgan fingerprint density at radius 2 is 1.83 bits per heavy atom. The summed E-state index contributed by atoms with van der Waals surface area (Å²) in [4.78, 5) is 32.8. The SMILES string of the molecule is CCOc1ccc(N=C2SC(C(=O)Nc3ccccc3OC)CC(=O)N2Cc2ccc(Cl)cc2)cc1. The van der Waals surface area contributed by atoms with Crippen molar-refractivity contribution in [2.45, 2.75) is 25.1 Å². The van der Waals surface area contributed by atoms with Crippen LogP contribution in [-0.4, -0.2) is 40.8 Å². The van der Waals surface area contributed by atoms with Gasteiger partial charge in [-0.1, -0.05) is 47.6 Å². The second-order valence-corrected chi connectivity index (χ2v) is 9.53. The zero-order valence-corrected chi connectivity index (χ0v) is 21.5. The number of hydrogen-bond acceptors (Lipinski definition) is 6. The van der Waals surface area contributed by atoms with Crippen molar-refractivity contribution in [2.75, 3.05) is 19.0 Å². The predicted octanol–water partition coefficient (Wildman–Crippen LogP) is 5.91.